The van der Waals surface area contributed by atoms with Crippen LogP contribution in [0.1, 0.15) is 29.8 Å². The zero-order chi connectivity index (χ0) is 18.1. The van der Waals surface area contributed by atoms with Crippen molar-refractivity contribution < 1.29 is 9.53 Å². The average Bonchev–Trinajstić information content (AvgIpc) is 3.20. The molecule has 1 aromatic rings. The summed E-state index contributed by atoms with van der Waals surface area (Å²) in [5.41, 5.74) is 3.44. The minimum atomic E-state index is 0.0587. The van der Waals surface area contributed by atoms with E-state index in [0.29, 0.717) is 24.5 Å². The molecule has 1 amide bonds. The van der Waals surface area contributed by atoms with Gasteiger partial charge in [-0.15, -0.1) is 11.3 Å². The number of nitrogens with zero attached hydrogens (tertiary/aromatic N) is 4. The highest BCUT2D eigenvalue weighted by molar-refractivity contribution is 7.09. The summed E-state index contributed by atoms with van der Waals surface area (Å²) < 4.78 is 5.40. The van der Waals surface area contributed by atoms with Crippen molar-refractivity contribution in [1.29, 1.82) is 0 Å². The van der Waals surface area contributed by atoms with Gasteiger partial charge in [0.2, 0.25) is 5.91 Å². The zero-order valence-corrected chi connectivity index (χ0v) is 16.8. The topological polar surface area (TPSA) is 48.9 Å². The van der Waals surface area contributed by atoms with E-state index in [-0.39, 0.29) is 6.04 Å². The van der Waals surface area contributed by atoms with E-state index in [1.807, 2.05) is 10.4 Å². The van der Waals surface area contributed by atoms with Gasteiger partial charge in [0.25, 0.3) is 0 Å². The third kappa shape index (κ3) is 3.67. The van der Waals surface area contributed by atoms with Crippen molar-refractivity contribution in [2.24, 2.45) is 5.41 Å². The zero-order valence-electron chi connectivity index (χ0n) is 15.9. The Balaban J connectivity index is 1.34. The van der Waals surface area contributed by atoms with Gasteiger partial charge in [0.05, 0.1) is 30.5 Å². The smallest absolute Gasteiger partial charge is 0.240 e. The number of aromatic nitrogens is 1. The maximum absolute atomic E-state index is 13.0. The first-order chi connectivity index (χ1) is 12.6. The second-order valence-corrected chi connectivity index (χ2v) is 9.15. The van der Waals surface area contributed by atoms with Gasteiger partial charge in [-0.1, -0.05) is 0 Å². The van der Waals surface area contributed by atoms with Crippen molar-refractivity contribution in [1.82, 2.24) is 19.7 Å². The highest BCUT2D eigenvalue weighted by Crippen LogP contribution is 2.43. The standard InChI is InChI=1S/C19H30N4O2S/c1-15-17(26-14-20-15)12-22-5-3-19(4-6-22)11-16(21(2)13-19)18(24)23-7-9-25-10-8-23/h14,16H,3-13H2,1-2H3. The summed E-state index contributed by atoms with van der Waals surface area (Å²) in [5.74, 6) is 0.315. The first-order valence-corrected chi connectivity index (χ1v) is 10.6. The second-order valence-electron chi connectivity index (χ2n) is 8.21. The SMILES string of the molecule is Cc1ncsc1CN1CCC2(CC1)CC(C(=O)N1CCOCC1)N(C)C2. The fourth-order valence-corrected chi connectivity index (χ4v) is 5.59. The van der Waals surface area contributed by atoms with Gasteiger partial charge in [-0.05, 0) is 51.7 Å². The molecular weight excluding hydrogens is 348 g/mol. The highest BCUT2D eigenvalue weighted by atomic mass is 32.1. The maximum Gasteiger partial charge on any atom is 0.240 e. The molecule has 3 fully saturated rings. The van der Waals surface area contributed by atoms with Gasteiger partial charge >= 0.3 is 0 Å². The lowest BCUT2D eigenvalue weighted by Crippen LogP contribution is -2.48. The van der Waals surface area contributed by atoms with Gasteiger partial charge in [0.1, 0.15) is 0 Å². The first-order valence-electron chi connectivity index (χ1n) is 9.74. The summed E-state index contributed by atoms with van der Waals surface area (Å²) in [6.45, 7) is 9.30. The molecule has 7 heteroatoms. The molecule has 0 bridgehead atoms. The largest absolute Gasteiger partial charge is 0.378 e. The number of carbonyl (C=O) groups is 1. The number of hydrogen-bond donors (Lipinski definition) is 0. The molecule has 0 aromatic carbocycles. The molecule has 0 saturated carbocycles. The van der Waals surface area contributed by atoms with E-state index < -0.39 is 0 Å². The van der Waals surface area contributed by atoms with Gasteiger partial charge in [-0.2, -0.15) is 0 Å². The molecule has 0 radical (unpaired) electrons. The number of aryl methyl sites for hydroxylation is 1. The van der Waals surface area contributed by atoms with Crippen LogP contribution in [0.2, 0.25) is 0 Å². The molecule has 0 N–H and O–H groups in total. The molecule has 3 saturated heterocycles. The lowest BCUT2D eigenvalue weighted by atomic mass is 9.76. The quantitative estimate of drug-likeness (QED) is 0.800. The minimum absolute atomic E-state index is 0.0587. The molecule has 4 heterocycles. The summed E-state index contributed by atoms with van der Waals surface area (Å²) in [4.78, 5) is 25.6. The molecule has 6 nitrogen and oxygen atoms in total. The van der Waals surface area contributed by atoms with Crippen LogP contribution < -0.4 is 0 Å². The molecule has 1 spiro atoms. The first kappa shape index (κ1) is 18.3. The summed E-state index contributed by atoms with van der Waals surface area (Å²) >= 11 is 1.77. The molecule has 1 atom stereocenters. The van der Waals surface area contributed by atoms with Crippen LogP contribution in [0, 0.1) is 12.3 Å². The van der Waals surface area contributed by atoms with Crippen LogP contribution in [-0.2, 0) is 16.1 Å². The average molecular weight is 379 g/mol. The monoisotopic (exact) mass is 378 g/mol. The number of piperidine rings is 1. The summed E-state index contributed by atoms with van der Waals surface area (Å²) in [6, 6.07) is 0.0587. The predicted octanol–water partition coefficient (Wildman–Crippen LogP) is 1.60. The highest BCUT2D eigenvalue weighted by Gasteiger charge is 2.47. The van der Waals surface area contributed by atoms with Crippen LogP contribution in [0.4, 0.5) is 0 Å². The summed E-state index contributed by atoms with van der Waals surface area (Å²) in [5, 5.41) is 0. The number of carbonyl (C=O) groups excluding carboxylic acids is 1. The molecule has 1 unspecified atom stereocenters. The van der Waals surface area contributed by atoms with E-state index in [2.05, 4.69) is 28.8 Å². The van der Waals surface area contributed by atoms with Crippen LogP contribution in [0.3, 0.4) is 0 Å². The number of rotatable bonds is 3. The van der Waals surface area contributed by atoms with Crippen molar-refractivity contribution in [3.8, 4) is 0 Å². The third-order valence-electron chi connectivity index (χ3n) is 6.48. The van der Waals surface area contributed by atoms with E-state index in [1.165, 1.54) is 23.4 Å². The maximum atomic E-state index is 13.0. The Morgan fingerprint density at radius 2 is 2.04 bits per heavy atom. The fraction of sp³-hybridized carbons (Fsp3) is 0.789. The van der Waals surface area contributed by atoms with E-state index in [4.69, 9.17) is 4.74 Å². The number of likely N-dealkylation sites (tertiary alicyclic amines) is 2. The van der Waals surface area contributed by atoms with Crippen molar-refractivity contribution in [3.63, 3.8) is 0 Å². The Morgan fingerprint density at radius 1 is 1.31 bits per heavy atom. The minimum Gasteiger partial charge on any atom is -0.378 e. The van der Waals surface area contributed by atoms with Gasteiger partial charge in [-0.25, -0.2) is 4.98 Å². The van der Waals surface area contributed by atoms with Crippen molar-refractivity contribution in [2.45, 2.75) is 38.8 Å². The summed E-state index contributed by atoms with van der Waals surface area (Å²) in [6.07, 6.45) is 3.41. The van der Waals surface area contributed by atoms with Crippen molar-refractivity contribution in [3.05, 3.63) is 16.1 Å². The van der Waals surface area contributed by atoms with E-state index in [1.54, 1.807) is 11.3 Å². The van der Waals surface area contributed by atoms with Crippen LogP contribution in [0.25, 0.3) is 0 Å². The lowest BCUT2D eigenvalue weighted by Gasteiger charge is -2.39. The van der Waals surface area contributed by atoms with E-state index >= 15 is 0 Å². The fourth-order valence-electron chi connectivity index (χ4n) is 4.77. The molecule has 4 rings (SSSR count). The molecule has 3 aliphatic heterocycles. The number of amides is 1. The second kappa shape index (κ2) is 7.54. The number of hydrogen-bond acceptors (Lipinski definition) is 6. The van der Waals surface area contributed by atoms with Crippen LogP contribution >= 0.6 is 11.3 Å². The van der Waals surface area contributed by atoms with E-state index in [0.717, 1.165) is 45.7 Å². The van der Waals surface area contributed by atoms with Crippen LogP contribution in [0.5, 0.6) is 0 Å². The van der Waals surface area contributed by atoms with Crippen molar-refractivity contribution in [2.75, 3.05) is 53.0 Å². The van der Waals surface area contributed by atoms with Crippen molar-refractivity contribution >= 4 is 17.2 Å². The predicted molar refractivity (Wildman–Crippen MR) is 102 cm³/mol. The molecular formula is C19H30N4O2S. The van der Waals surface area contributed by atoms with Crippen LogP contribution in [-0.4, -0.2) is 84.6 Å². The van der Waals surface area contributed by atoms with Gasteiger partial charge in [0, 0.05) is 31.1 Å². The third-order valence-corrected chi connectivity index (χ3v) is 7.40. The Morgan fingerprint density at radius 3 is 2.69 bits per heavy atom. The normalized spacial score (nSPS) is 27.3. The van der Waals surface area contributed by atoms with Gasteiger partial charge in [-0.3, -0.25) is 14.6 Å². The van der Waals surface area contributed by atoms with Gasteiger partial charge in [0.15, 0.2) is 0 Å². The Hall–Kier alpha value is -1.02. The van der Waals surface area contributed by atoms with Gasteiger partial charge < -0.3 is 9.64 Å². The number of ether oxygens (including phenoxy) is 1. The molecule has 3 aliphatic rings. The lowest BCUT2D eigenvalue weighted by molar-refractivity contribution is -0.139. The Labute approximate surface area is 160 Å². The number of likely N-dealkylation sites (N-methyl/N-ethyl adjacent to an activating group) is 1. The Kier molecular flexibility index (Phi) is 5.32. The number of thiazole rings is 1. The molecule has 144 valence electrons. The molecule has 26 heavy (non-hydrogen) atoms. The van der Waals surface area contributed by atoms with E-state index in [9.17, 15) is 4.79 Å². The molecule has 1 aromatic heterocycles. The van der Waals surface area contributed by atoms with Crippen LogP contribution in [0.15, 0.2) is 5.51 Å². The molecule has 0 aliphatic carbocycles. The summed E-state index contributed by atoms with van der Waals surface area (Å²) in [7, 11) is 2.13. The Bertz CT molecular complexity index is 635. The number of morpholine rings is 1.